The van der Waals surface area contributed by atoms with Gasteiger partial charge in [0.05, 0.1) is 6.33 Å². The molecule has 1 amide bonds. The summed E-state index contributed by atoms with van der Waals surface area (Å²) in [4.78, 5) is 15.8. The molecule has 112 valence electrons. The summed E-state index contributed by atoms with van der Waals surface area (Å²) in [5.74, 6) is 0.0935. The van der Waals surface area contributed by atoms with Gasteiger partial charge in [0.15, 0.2) is 0 Å². The average molecular weight is 306 g/mol. The number of hydrogen-bond donors (Lipinski definition) is 1. The number of hydrogen-bond acceptors (Lipinski definition) is 2. The molecular formula is C16H20ClN3O. The van der Waals surface area contributed by atoms with Crippen LogP contribution in [0.1, 0.15) is 31.4 Å². The van der Waals surface area contributed by atoms with Gasteiger partial charge in [-0.05, 0) is 37.5 Å². The molecule has 0 unspecified atom stereocenters. The summed E-state index contributed by atoms with van der Waals surface area (Å²) in [6.45, 7) is 2.67. The molecule has 0 radical (unpaired) electrons. The quantitative estimate of drug-likeness (QED) is 0.853. The highest BCUT2D eigenvalue weighted by molar-refractivity contribution is 6.30. The molecule has 0 saturated heterocycles. The number of carbonyl (C=O) groups excluding carboxylic acids is 1. The lowest BCUT2D eigenvalue weighted by molar-refractivity contribution is -0.121. The topological polar surface area (TPSA) is 46.9 Å². The zero-order valence-electron chi connectivity index (χ0n) is 12.1. The molecule has 0 bridgehead atoms. The fraction of sp³-hybridized carbons (Fsp3) is 0.375. The van der Waals surface area contributed by atoms with Crippen molar-refractivity contribution in [1.82, 2.24) is 14.9 Å². The summed E-state index contributed by atoms with van der Waals surface area (Å²) in [5.41, 5.74) is 1.21. The summed E-state index contributed by atoms with van der Waals surface area (Å²) >= 11 is 5.84. The van der Waals surface area contributed by atoms with Crippen LogP contribution in [0.3, 0.4) is 0 Å². The molecule has 5 heteroatoms. The Hall–Kier alpha value is -1.81. The van der Waals surface area contributed by atoms with Gasteiger partial charge in [0.1, 0.15) is 0 Å². The van der Waals surface area contributed by atoms with Gasteiger partial charge in [0, 0.05) is 36.4 Å². The third-order valence-corrected chi connectivity index (χ3v) is 3.66. The van der Waals surface area contributed by atoms with Crippen LogP contribution in [-0.4, -0.2) is 22.0 Å². The second-order valence-corrected chi connectivity index (χ2v) is 5.58. The van der Waals surface area contributed by atoms with Crippen LogP contribution < -0.4 is 5.32 Å². The first-order valence-corrected chi connectivity index (χ1v) is 7.51. The smallest absolute Gasteiger partial charge is 0.220 e. The van der Waals surface area contributed by atoms with E-state index in [4.69, 9.17) is 11.6 Å². The van der Waals surface area contributed by atoms with Crippen molar-refractivity contribution in [3.05, 3.63) is 53.6 Å². The van der Waals surface area contributed by atoms with Crippen LogP contribution in [0.4, 0.5) is 0 Å². The fourth-order valence-electron chi connectivity index (χ4n) is 2.09. The predicted molar refractivity (Wildman–Crippen MR) is 84.3 cm³/mol. The van der Waals surface area contributed by atoms with Crippen LogP contribution in [0.25, 0.3) is 0 Å². The van der Waals surface area contributed by atoms with Crippen LogP contribution in [0, 0.1) is 0 Å². The molecule has 1 aromatic carbocycles. The number of imidazole rings is 1. The molecule has 0 saturated carbocycles. The highest BCUT2D eigenvalue weighted by Crippen LogP contribution is 2.11. The van der Waals surface area contributed by atoms with Gasteiger partial charge < -0.3 is 9.88 Å². The molecule has 1 heterocycles. The largest absolute Gasteiger partial charge is 0.354 e. The number of rotatable bonds is 7. The fourth-order valence-corrected chi connectivity index (χ4v) is 2.22. The van der Waals surface area contributed by atoms with E-state index in [0.717, 1.165) is 17.9 Å². The summed E-state index contributed by atoms with van der Waals surface area (Å²) < 4.78 is 1.98. The summed E-state index contributed by atoms with van der Waals surface area (Å²) in [7, 11) is 0. The highest BCUT2D eigenvalue weighted by atomic mass is 35.5. The van der Waals surface area contributed by atoms with E-state index >= 15 is 0 Å². The lowest BCUT2D eigenvalue weighted by atomic mass is 10.1. The van der Waals surface area contributed by atoms with Crippen LogP contribution in [0.5, 0.6) is 0 Å². The maximum atomic E-state index is 11.8. The Kier molecular flexibility index (Phi) is 5.81. The molecule has 0 aliphatic carbocycles. The Labute approximate surface area is 130 Å². The second-order valence-electron chi connectivity index (χ2n) is 5.14. The van der Waals surface area contributed by atoms with E-state index < -0.39 is 0 Å². The van der Waals surface area contributed by atoms with Crippen molar-refractivity contribution < 1.29 is 4.79 Å². The van der Waals surface area contributed by atoms with E-state index in [-0.39, 0.29) is 11.9 Å². The molecule has 0 aliphatic rings. The maximum Gasteiger partial charge on any atom is 0.220 e. The van der Waals surface area contributed by atoms with Crippen molar-refractivity contribution in [2.75, 3.05) is 6.54 Å². The molecular weight excluding hydrogens is 286 g/mol. The van der Waals surface area contributed by atoms with Crippen LogP contribution >= 0.6 is 11.6 Å². The predicted octanol–water partition coefficient (Wildman–Crippen LogP) is 3.24. The zero-order valence-corrected chi connectivity index (χ0v) is 12.9. The molecule has 0 fully saturated rings. The molecule has 1 atom stereocenters. The standard InChI is InChI=1S/C16H20ClN3O/c1-13(20-10-9-18-12-20)11-19-16(21)4-2-3-14-5-7-15(17)8-6-14/h5-10,12-13H,2-4,11H2,1H3,(H,19,21)/t13-/m1/s1. The number of aromatic nitrogens is 2. The summed E-state index contributed by atoms with van der Waals surface area (Å²) in [6.07, 6.45) is 7.67. The first-order valence-electron chi connectivity index (χ1n) is 7.14. The van der Waals surface area contributed by atoms with Gasteiger partial charge in [-0.25, -0.2) is 4.98 Å². The Bertz CT molecular complexity index is 551. The second kappa shape index (κ2) is 7.84. The monoisotopic (exact) mass is 305 g/mol. The number of amides is 1. The first-order chi connectivity index (χ1) is 10.1. The number of benzene rings is 1. The minimum atomic E-state index is 0.0935. The maximum absolute atomic E-state index is 11.8. The van der Waals surface area contributed by atoms with Crippen molar-refractivity contribution in [1.29, 1.82) is 0 Å². The Morgan fingerprint density at radius 2 is 2.14 bits per heavy atom. The van der Waals surface area contributed by atoms with Crippen LogP contribution in [-0.2, 0) is 11.2 Å². The average Bonchev–Trinajstić information content (AvgIpc) is 3.01. The van der Waals surface area contributed by atoms with Crippen molar-refractivity contribution in [3.8, 4) is 0 Å². The van der Waals surface area contributed by atoms with Gasteiger partial charge in [-0.2, -0.15) is 0 Å². The van der Waals surface area contributed by atoms with Gasteiger partial charge in [0.2, 0.25) is 5.91 Å². The molecule has 1 N–H and O–H groups in total. The molecule has 0 aliphatic heterocycles. The number of carbonyl (C=O) groups is 1. The van der Waals surface area contributed by atoms with Gasteiger partial charge in [-0.15, -0.1) is 0 Å². The van der Waals surface area contributed by atoms with E-state index in [1.54, 1.807) is 12.5 Å². The molecule has 21 heavy (non-hydrogen) atoms. The number of aryl methyl sites for hydroxylation is 1. The number of nitrogens with one attached hydrogen (secondary N) is 1. The van der Waals surface area contributed by atoms with E-state index in [9.17, 15) is 4.79 Å². The van der Waals surface area contributed by atoms with E-state index in [1.165, 1.54) is 5.56 Å². The lowest BCUT2D eigenvalue weighted by Crippen LogP contribution is -2.29. The Morgan fingerprint density at radius 1 is 1.38 bits per heavy atom. The molecule has 0 spiro atoms. The lowest BCUT2D eigenvalue weighted by Gasteiger charge is -2.13. The van der Waals surface area contributed by atoms with E-state index in [0.29, 0.717) is 13.0 Å². The van der Waals surface area contributed by atoms with Crippen molar-refractivity contribution in [2.45, 2.75) is 32.2 Å². The first kappa shape index (κ1) is 15.6. The summed E-state index contributed by atoms with van der Waals surface area (Å²) in [5, 5.41) is 3.70. The Balaban J connectivity index is 1.64. The summed E-state index contributed by atoms with van der Waals surface area (Å²) in [6, 6.07) is 7.98. The number of nitrogens with zero attached hydrogens (tertiary/aromatic N) is 2. The Morgan fingerprint density at radius 3 is 2.81 bits per heavy atom. The van der Waals surface area contributed by atoms with Gasteiger partial charge in [-0.3, -0.25) is 4.79 Å². The molecule has 2 rings (SSSR count). The third-order valence-electron chi connectivity index (χ3n) is 3.41. The van der Waals surface area contributed by atoms with E-state index in [1.807, 2.05) is 35.0 Å². The molecule has 1 aromatic heterocycles. The van der Waals surface area contributed by atoms with Crippen molar-refractivity contribution in [3.63, 3.8) is 0 Å². The minimum absolute atomic E-state index is 0.0935. The molecule has 4 nitrogen and oxygen atoms in total. The number of halogens is 1. The molecule has 2 aromatic rings. The van der Waals surface area contributed by atoms with Crippen LogP contribution in [0.15, 0.2) is 43.0 Å². The van der Waals surface area contributed by atoms with Gasteiger partial charge in [-0.1, -0.05) is 23.7 Å². The SMILES string of the molecule is C[C@H](CNC(=O)CCCc1ccc(Cl)cc1)n1ccnc1. The van der Waals surface area contributed by atoms with Crippen LogP contribution in [0.2, 0.25) is 5.02 Å². The van der Waals surface area contributed by atoms with Gasteiger partial charge >= 0.3 is 0 Å². The minimum Gasteiger partial charge on any atom is -0.354 e. The van der Waals surface area contributed by atoms with E-state index in [2.05, 4.69) is 17.2 Å². The third kappa shape index (κ3) is 5.23. The van der Waals surface area contributed by atoms with Crippen molar-refractivity contribution in [2.24, 2.45) is 0 Å². The van der Waals surface area contributed by atoms with Gasteiger partial charge in [0.25, 0.3) is 0 Å². The normalized spacial score (nSPS) is 12.1. The van der Waals surface area contributed by atoms with Crippen molar-refractivity contribution >= 4 is 17.5 Å². The zero-order chi connectivity index (χ0) is 15.1. The highest BCUT2D eigenvalue weighted by Gasteiger charge is 2.06.